The van der Waals surface area contributed by atoms with Crippen LogP contribution in [0.1, 0.15) is 53.5 Å². The Morgan fingerprint density at radius 3 is 2.17 bits per heavy atom. The number of allylic oxidation sites excluding steroid dienone is 2. The molecule has 0 heterocycles. The topological polar surface area (TPSA) is 37.3 Å². The van der Waals surface area contributed by atoms with Crippen molar-refractivity contribution in [3.05, 3.63) is 75.4 Å². The molecular weight excluding hydrogens is 396 g/mol. The van der Waals surface area contributed by atoms with E-state index in [0.717, 1.165) is 34.4 Å². The summed E-state index contributed by atoms with van der Waals surface area (Å²) < 4.78 is 55.1. The number of carboxylic acid groups (broad SMARTS) is 1. The first-order valence-corrected chi connectivity index (χ1v) is 9.91. The van der Waals surface area contributed by atoms with Gasteiger partial charge in [0.05, 0.1) is 0 Å². The molecule has 2 nitrogen and oxygen atoms in total. The summed E-state index contributed by atoms with van der Waals surface area (Å²) in [4.78, 5) is 10.8. The van der Waals surface area contributed by atoms with Crippen LogP contribution in [0.15, 0.2) is 35.9 Å². The fourth-order valence-electron chi connectivity index (χ4n) is 4.10. The lowest BCUT2D eigenvalue weighted by Crippen LogP contribution is -2.10. The van der Waals surface area contributed by atoms with Crippen LogP contribution in [0.2, 0.25) is 0 Å². The molecule has 3 rings (SSSR count). The van der Waals surface area contributed by atoms with Gasteiger partial charge in [-0.3, -0.25) is 4.79 Å². The molecule has 2 aromatic rings. The van der Waals surface area contributed by atoms with Crippen molar-refractivity contribution in [2.24, 2.45) is 0 Å². The quantitative estimate of drug-likeness (QED) is 0.525. The molecule has 1 aliphatic carbocycles. The molecular formula is C24H24F4O2. The van der Waals surface area contributed by atoms with Gasteiger partial charge in [0, 0.05) is 19.3 Å². The molecule has 0 aliphatic heterocycles. The summed E-state index contributed by atoms with van der Waals surface area (Å²) in [5.41, 5.74) is 5.28. The number of alkyl halides is 2. The van der Waals surface area contributed by atoms with Crippen molar-refractivity contribution in [3.8, 4) is 0 Å². The van der Waals surface area contributed by atoms with E-state index in [0.29, 0.717) is 36.0 Å². The van der Waals surface area contributed by atoms with Crippen LogP contribution < -0.4 is 0 Å². The van der Waals surface area contributed by atoms with Gasteiger partial charge in [0.15, 0.2) is 11.6 Å². The molecule has 160 valence electrons. The van der Waals surface area contributed by atoms with Crippen LogP contribution in [0.25, 0.3) is 5.57 Å². The van der Waals surface area contributed by atoms with Gasteiger partial charge in [0.25, 0.3) is 5.92 Å². The first-order chi connectivity index (χ1) is 14.1. The van der Waals surface area contributed by atoms with E-state index in [9.17, 15) is 22.4 Å². The smallest absolute Gasteiger partial charge is 0.303 e. The molecule has 1 aliphatic rings. The van der Waals surface area contributed by atoms with E-state index < -0.39 is 29.9 Å². The maximum atomic E-state index is 14.1. The third kappa shape index (κ3) is 4.91. The zero-order valence-electron chi connectivity index (χ0n) is 17.0. The maximum Gasteiger partial charge on any atom is 0.303 e. The number of carbonyl (C=O) groups is 1. The first-order valence-electron chi connectivity index (χ1n) is 9.91. The van der Waals surface area contributed by atoms with Crippen molar-refractivity contribution < 1.29 is 27.5 Å². The minimum Gasteiger partial charge on any atom is -0.481 e. The van der Waals surface area contributed by atoms with E-state index in [-0.39, 0.29) is 12.8 Å². The number of aliphatic carboxylic acids is 1. The summed E-state index contributed by atoms with van der Waals surface area (Å²) in [6.45, 7) is 3.88. The summed E-state index contributed by atoms with van der Waals surface area (Å²) in [7, 11) is 0. The second-order valence-electron chi connectivity index (χ2n) is 7.95. The molecule has 0 unspecified atom stereocenters. The van der Waals surface area contributed by atoms with Crippen molar-refractivity contribution in [2.45, 2.75) is 58.3 Å². The van der Waals surface area contributed by atoms with E-state index in [1.807, 2.05) is 26.0 Å². The highest BCUT2D eigenvalue weighted by atomic mass is 19.3. The summed E-state index contributed by atoms with van der Waals surface area (Å²) in [5.74, 6) is -5.78. The van der Waals surface area contributed by atoms with Gasteiger partial charge in [-0.05, 0) is 78.6 Å². The third-order valence-corrected chi connectivity index (χ3v) is 5.92. The predicted molar refractivity (Wildman–Crippen MR) is 108 cm³/mol. The normalized spacial score (nSPS) is 15.7. The Balaban J connectivity index is 1.82. The van der Waals surface area contributed by atoms with E-state index in [1.54, 1.807) is 0 Å². The van der Waals surface area contributed by atoms with E-state index in [1.165, 1.54) is 6.07 Å². The Labute approximate surface area is 173 Å². The van der Waals surface area contributed by atoms with Crippen molar-refractivity contribution in [3.63, 3.8) is 0 Å². The SMILES string of the molecule is Cc1c(CCC(=O)O)ccc(CCC2=C(c3ccc(F)c(F)c3)CC(F)(F)C2)c1C. The summed E-state index contributed by atoms with van der Waals surface area (Å²) in [6.07, 6.45) is 0.595. The standard InChI is InChI=1S/C24H24F4O2/c1-14-15(2)17(8-10-23(29)30)4-3-16(14)5-6-19-12-24(27,28)13-20(19)18-7-9-21(25)22(26)11-18/h3-4,7,9,11H,5-6,8,10,12-13H2,1-2H3,(H,29,30). The number of rotatable bonds is 7. The van der Waals surface area contributed by atoms with Crippen LogP contribution >= 0.6 is 0 Å². The summed E-state index contributed by atoms with van der Waals surface area (Å²) >= 11 is 0. The fraction of sp³-hybridized carbons (Fsp3) is 0.375. The first kappa shape index (κ1) is 22.1. The van der Waals surface area contributed by atoms with Crippen molar-refractivity contribution in [1.29, 1.82) is 0 Å². The number of hydrogen-bond acceptors (Lipinski definition) is 1. The molecule has 30 heavy (non-hydrogen) atoms. The van der Waals surface area contributed by atoms with Gasteiger partial charge in [-0.2, -0.15) is 0 Å². The third-order valence-electron chi connectivity index (χ3n) is 5.92. The lowest BCUT2D eigenvalue weighted by Gasteiger charge is -2.14. The molecule has 0 amide bonds. The molecule has 0 saturated carbocycles. The lowest BCUT2D eigenvalue weighted by molar-refractivity contribution is -0.136. The molecule has 0 spiro atoms. The van der Waals surface area contributed by atoms with E-state index in [4.69, 9.17) is 5.11 Å². The van der Waals surface area contributed by atoms with Gasteiger partial charge in [-0.1, -0.05) is 23.8 Å². The average Bonchev–Trinajstić information content (AvgIpc) is 2.99. The van der Waals surface area contributed by atoms with Gasteiger partial charge in [0.1, 0.15) is 0 Å². The second-order valence-corrected chi connectivity index (χ2v) is 7.95. The molecule has 0 aromatic heterocycles. The van der Waals surface area contributed by atoms with Crippen molar-refractivity contribution in [1.82, 2.24) is 0 Å². The molecule has 1 N–H and O–H groups in total. The van der Waals surface area contributed by atoms with Crippen LogP contribution in [0, 0.1) is 25.5 Å². The molecule has 2 aromatic carbocycles. The van der Waals surface area contributed by atoms with Crippen LogP contribution in [0.3, 0.4) is 0 Å². The highest BCUT2D eigenvalue weighted by molar-refractivity contribution is 5.72. The highest BCUT2D eigenvalue weighted by Gasteiger charge is 2.39. The predicted octanol–water partition coefficient (Wildman–Crippen LogP) is 6.41. The number of halogens is 4. The van der Waals surface area contributed by atoms with Gasteiger partial charge < -0.3 is 5.11 Å². The van der Waals surface area contributed by atoms with Crippen LogP contribution in [-0.4, -0.2) is 17.0 Å². The van der Waals surface area contributed by atoms with E-state index >= 15 is 0 Å². The zero-order valence-corrected chi connectivity index (χ0v) is 17.0. The average molecular weight is 420 g/mol. The molecule has 0 fully saturated rings. The van der Waals surface area contributed by atoms with Crippen LogP contribution in [0.4, 0.5) is 17.6 Å². The maximum absolute atomic E-state index is 14.1. The number of benzene rings is 2. The lowest BCUT2D eigenvalue weighted by atomic mass is 9.91. The largest absolute Gasteiger partial charge is 0.481 e. The number of carboxylic acids is 1. The summed E-state index contributed by atoms with van der Waals surface area (Å²) in [6, 6.07) is 7.12. The number of hydrogen-bond donors (Lipinski definition) is 1. The zero-order chi connectivity index (χ0) is 22.1. The second kappa shape index (κ2) is 8.62. The van der Waals surface area contributed by atoms with Crippen LogP contribution in [-0.2, 0) is 17.6 Å². The summed E-state index contributed by atoms with van der Waals surface area (Å²) in [5, 5.41) is 8.88. The molecule has 0 saturated heterocycles. The Kier molecular flexibility index (Phi) is 6.34. The van der Waals surface area contributed by atoms with Gasteiger partial charge in [0.2, 0.25) is 0 Å². The number of aryl methyl sites for hydroxylation is 2. The van der Waals surface area contributed by atoms with Crippen LogP contribution in [0.5, 0.6) is 0 Å². The highest BCUT2D eigenvalue weighted by Crippen LogP contribution is 2.45. The van der Waals surface area contributed by atoms with Gasteiger partial charge in [-0.25, -0.2) is 17.6 Å². The Bertz CT molecular complexity index is 1010. The van der Waals surface area contributed by atoms with Gasteiger partial charge in [-0.15, -0.1) is 0 Å². The molecule has 0 radical (unpaired) electrons. The molecule has 0 atom stereocenters. The fourth-order valence-corrected chi connectivity index (χ4v) is 4.10. The van der Waals surface area contributed by atoms with Gasteiger partial charge >= 0.3 is 5.97 Å². The minimum atomic E-state index is -2.89. The molecule has 0 bridgehead atoms. The van der Waals surface area contributed by atoms with E-state index in [2.05, 4.69) is 0 Å². The Morgan fingerprint density at radius 1 is 0.933 bits per heavy atom. The Morgan fingerprint density at radius 2 is 1.57 bits per heavy atom. The minimum absolute atomic E-state index is 0.0547. The van der Waals surface area contributed by atoms with Crippen molar-refractivity contribution >= 4 is 11.5 Å². The monoisotopic (exact) mass is 420 g/mol. The Hall–Kier alpha value is -2.63. The van der Waals surface area contributed by atoms with Crippen molar-refractivity contribution in [2.75, 3.05) is 0 Å². The molecule has 6 heteroatoms.